The lowest BCUT2D eigenvalue weighted by molar-refractivity contribution is 0.166. The summed E-state index contributed by atoms with van der Waals surface area (Å²) in [5.41, 5.74) is 0.800. The molecule has 4 fully saturated rings. The first kappa shape index (κ1) is 13.6. The summed E-state index contributed by atoms with van der Waals surface area (Å²) in [5.74, 6) is 0.943. The quantitative estimate of drug-likeness (QED) is 0.844. The second-order valence-electron chi connectivity index (χ2n) is 8.27. The molecule has 3 saturated carbocycles. The second kappa shape index (κ2) is 5.61. The molecule has 4 aliphatic rings. The van der Waals surface area contributed by atoms with Crippen molar-refractivity contribution < 1.29 is 0 Å². The first-order valence-electron chi connectivity index (χ1n) is 9.30. The maximum Gasteiger partial charge on any atom is 0.00965 e. The van der Waals surface area contributed by atoms with Crippen LogP contribution in [-0.4, -0.2) is 36.6 Å². The van der Waals surface area contributed by atoms with E-state index in [4.69, 9.17) is 0 Å². The Morgan fingerprint density at radius 3 is 2.35 bits per heavy atom. The third kappa shape index (κ3) is 2.92. The Morgan fingerprint density at radius 1 is 0.900 bits per heavy atom. The predicted molar refractivity (Wildman–Crippen MR) is 83.9 cm³/mol. The van der Waals surface area contributed by atoms with Gasteiger partial charge in [0.05, 0.1) is 0 Å². The first-order chi connectivity index (χ1) is 9.83. The van der Waals surface area contributed by atoms with Gasteiger partial charge in [0.15, 0.2) is 0 Å². The summed E-state index contributed by atoms with van der Waals surface area (Å²) >= 11 is 0. The van der Waals surface area contributed by atoms with E-state index < -0.39 is 0 Å². The molecule has 1 spiro atoms. The molecular weight excluding hydrogens is 244 g/mol. The number of hydrogen-bond donors (Lipinski definition) is 1. The van der Waals surface area contributed by atoms with Crippen LogP contribution in [0.3, 0.4) is 0 Å². The molecule has 1 aliphatic heterocycles. The van der Waals surface area contributed by atoms with Crippen molar-refractivity contribution in [2.45, 2.75) is 82.7 Å². The molecule has 0 aromatic heterocycles. The monoisotopic (exact) mass is 276 g/mol. The van der Waals surface area contributed by atoms with E-state index in [2.05, 4.69) is 10.2 Å². The van der Waals surface area contributed by atoms with Crippen molar-refractivity contribution in [3.63, 3.8) is 0 Å². The molecule has 0 aromatic rings. The van der Waals surface area contributed by atoms with Crippen LogP contribution in [0, 0.1) is 11.3 Å². The van der Waals surface area contributed by atoms with E-state index in [0.717, 1.165) is 23.4 Å². The van der Waals surface area contributed by atoms with E-state index in [1.54, 1.807) is 12.8 Å². The van der Waals surface area contributed by atoms with Gasteiger partial charge < -0.3 is 10.2 Å². The molecule has 1 atom stereocenters. The number of rotatable bonds is 4. The molecule has 114 valence electrons. The minimum atomic E-state index is 0.800. The minimum absolute atomic E-state index is 0.800. The number of hydrogen-bond acceptors (Lipinski definition) is 2. The fourth-order valence-corrected chi connectivity index (χ4v) is 5.19. The summed E-state index contributed by atoms with van der Waals surface area (Å²) in [4.78, 5) is 2.75. The van der Waals surface area contributed by atoms with Crippen molar-refractivity contribution >= 4 is 0 Å². The first-order valence-corrected chi connectivity index (χ1v) is 9.30. The van der Waals surface area contributed by atoms with Crippen molar-refractivity contribution in [3.05, 3.63) is 0 Å². The Balaban J connectivity index is 1.17. The fourth-order valence-electron chi connectivity index (χ4n) is 5.19. The summed E-state index contributed by atoms with van der Waals surface area (Å²) < 4.78 is 0. The van der Waals surface area contributed by atoms with Crippen molar-refractivity contribution in [1.82, 2.24) is 10.2 Å². The van der Waals surface area contributed by atoms with E-state index in [0.29, 0.717) is 0 Å². The smallest absolute Gasteiger partial charge is 0.00965 e. The molecule has 4 rings (SSSR count). The van der Waals surface area contributed by atoms with Crippen LogP contribution in [0.2, 0.25) is 0 Å². The van der Waals surface area contributed by atoms with Crippen LogP contribution in [0.15, 0.2) is 0 Å². The number of nitrogens with zero attached hydrogens (tertiary/aromatic N) is 1. The summed E-state index contributed by atoms with van der Waals surface area (Å²) in [7, 11) is 0. The van der Waals surface area contributed by atoms with Crippen LogP contribution in [0.1, 0.15) is 70.6 Å². The van der Waals surface area contributed by atoms with E-state index >= 15 is 0 Å². The highest BCUT2D eigenvalue weighted by Crippen LogP contribution is 2.48. The van der Waals surface area contributed by atoms with Gasteiger partial charge in [0.25, 0.3) is 0 Å². The summed E-state index contributed by atoms with van der Waals surface area (Å²) in [5, 5.41) is 3.92. The maximum absolute atomic E-state index is 3.92. The molecule has 0 amide bonds. The molecule has 20 heavy (non-hydrogen) atoms. The Bertz CT molecular complexity index is 320. The lowest BCUT2D eigenvalue weighted by Gasteiger charge is -2.38. The van der Waals surface area contributed by atoms with Crippen molar-refractivity contribution in [2.24, 2.45) is 11.3 Å². The van der Waals surface area contributed by atoms with Gasteiger partial charge in [-0.2, -0.15) is 0 Å². The molecule has 0 bridgehead atoms. The molecule has 2 heteroatoms. The normalized spacial score (nSPS) is 35.1. The third-order valence-corrected chi connectivity index (χ3v) is 6.79. The molecule has 3 aliphatic carbocycles. The zero-order valence-corrected chi connectivity index (χ0v) is 13.1. The Hall–Kier alpha value is -0.0800. The summed E-state index contributed by atoms with van der Waals surface area (Å²) in [6, 6.07) is 1.83. The molecular formula is C18H32N2. The lowest BCUT2D eigenvalue weighted by atomic mass is 9.71. The van der Waals surface area contributed by atoms with Crippen LogP contribution in [0.25, 0.3) is 0 Å². The number of nitrogens with one attached hydrogen (secondary N) is 1. The molecule has 0 aromatic carbocycles. The van der Waals surface area contributed by atoms with Crippen LogP contribution in [-0.2, 0) is 0 Å². The molecule has 2 nitrogen and oxygen atoms in total. The van der Waals surface area contributed by atoms with Gasteiger partial charge in [-0.15, -0.1) is 0 Å². The van der Waals surface area contributed by atoms with Crippen molar-refractivity contribution in [1.29, 1.82) is 0 Å². The van der Waals surface area contributed by atoms with E-state index in [-0.39, 0.29) is 0 Å². The molecule has 0 radical (unpaired) electrons. The van der Waals surface area contributed by atoms with Crippen molar-refractivity contribution in [3.8, 4) is 0 Å². The Labute approximate surface area is 124 Å². The van der Waals surface area contributed by atoms with E-state index in [9.17, 15) is 0 Å². The van der Waals surface area contributed by atoms with Crippen LogP contribution < -0.4 is 5.32 Å². The lowest BCUT2D eigenvalue weighted by Crippen LogP contribution is -2.39. The number of likely N-dealkylation sites (tertiary alicyclic amines) is 1. The average molecular weight is 276 g/mol. The Morgan fingerprint density at radius 2 is 1.65 bits per heavy atom. The van der Waals surface area contributed by atoms with E-state index in [1.807, 2.05) is 0 Å². The zero-order chi connectivity index (χ0) is 13.4. The van der Waals surface area contributed by atoms with Crippen molar-refractivity contribution in [2.75, 3.05) is 19.6 Å². The molecule has 1 unspecified atom stereocenters. The predicted octanol–water partition coefficient (Wildman–Crippen LogP) is 3.56. The third-order valence-electron chi connectivity index (χ3n) is 6.79. The molecule has 1 N–H and O–H groups in total. The van der Waals surface area contributed by atoms with Gasteiger partial charge in [0.1, 0.15) is 0 Å². The highest BCUT2D eigenvalue weighted by Gasteiger charge is 2.38. The second-order valence-corrected chi connectivity index (χ2v) is 8.27. The maximum atomic E-state index is 3.92. The SMILES string of the molecule is C1CCC2(C1)CCC(NCC1CCN(C3CC3)C1)CC2. The topological polar surface area (TPSA) is 15.3 Å². The van der Waals surface area contributed by atoms with Gasteiger partial charge in [-0.3, -0.25) is 0 Å². The largest absolute Gasteiger partial charge is 0.314 e. The summed E-state index contributed by atoms with van der Waals surface area (Å²) in [6.07, 6.45) is 16.5. The van der Waals surface area contributed by atoms with Gasteiger partial charge in [-0.25, -0.2) is 0 Å². The van der Waals surface area contributed by atoms with E-state index in [1.165, 1.54) is 77.4 Å². The molecule has 1 saturated heterocycles. The standard InChI is InChI=1S/C18H32N2/c1-2-9-18(8-1)10-5-16(6-11-18)19-13-15-7-12-20(14-15)17-3-4-17/h15-17,19H,1-14H2. The van der Waals surface area contributed by atoms with Gasteiger partial charge >= 0.3 is 0 Å². The zero-order valence-electron chi connectivity index (χ0n) is 13.1. The highest BCUT2D eigenvalue weighted by molar-refractivity contribution is 4.93. The minimum Gasteiger partial charge on any atom is -0.314 e. The van der Waals surface area contributed by atoms with Gasteiger partial charge in [-0.1, -0.05) is 12.8 Å². The van der Waals surface area contributed by atoms with Gasteiger partial charge in [0.2, 0.25) is 0 Å². The highest BCUT2D eigenvalue weighted by atomic mass is 15.2. The van der Waals surface area contributed by atoms with Crippen LogP contribution >= 0.6 is 0 Å². The summed E-state index contributed by atoms with van der Waals surface area (Å²) in [6.45, 7) is 4.06. The van der Waals surface area contributed by atoms with Gasteiger partial charge in [0, 0.05) is 18.6 Å². The van der Waals surface area contributed by atoms with Crippen LogP contribution in [0.5, 0.6) is 0 Å². The Kier molecular flexibility index (Phi) is 3.80. The molecule has 1 heterocycles. The van der Waals surface area contributed by atoms with Gasteiger partial charge in [-0.05, 0) is 82.2 Å². The fraction of sp³-hybridized carbons (Fsp3) is 1.00. The average Bonchev–Trinajstić information content (AvgIpc) is 3.05. The van der Waals surface area contributed by atoms with Crippen LogP contribution in [0.4, 0.5) is 0 Å².